The molecule has 0 amide bonds. The van der Waals surface area contributed by atoms with Gasteiger partial charge in [-0.3, -0.25) is 18.6 Å². The molecule has 0 rings (SSSR count). The van der Waals surface area contributed by atoms with Crippen LogP contribution in [0, 0.1) is 0 Å². The number of hydrogen-bond donors (Lipinski definition) is 2. The summed E-state index contributed by atoms with van der Waals surface area (Å²) in [6.45, 7) is 3.70. The summed E-state index contributed by atoms with van der Waals surface area (Å²) >= 11 is 0. The van der Waals surface area contributed by atoms with Crippen molar-refractivity contribution < 1.29 is 37.6 Å². The van der Waals surface area contributed by atoms with Gasteiger partial charge in [0, 0.05) is 19.4 Å². The smallest absolute Gasteiger partial charge is 0.462 e. The largest absolute Gasteiger partial charge is 0.472 e. The molecule has 0 aromatic heterocycles. The van der Waals surface area contributed by atoms with Crippen LogP contribution in [0.4, 0.5) is 0 Å². The van der Waals surface area contributed by atoms with Crippen LogP contribution < -0.4 is 5.73 Å². The Bertz CT molecular complexity index is 1030. The average Bonchev–Trinajstić information content (AvgIpc) is 3.20. The fourth-order valence-corrected chi connectivity index (χ4v) is 7.29. The van der Waals surface area contributed by atoms with E-state index in [1.807, 2.05) is 0 Å². The number of nitrogens with two attached hydrogens (primary N) is 1. The number of carbonyl (C=O) groups excluding carboxylic acids is 2. The summed E-state index contributed by atoms with van der Waals surface area (Å²) in [5.41, 5.74) is 5.35. The van der Waals surface area contributed by atoms with Crippen LogP contribution in [-0.4, -0.2) is 49.3 Å². The second-order valence-corrected chi connectivity index (χ2v) is 17.1. The van der Waals surface area contributed by atoms with Crippen molar-refractivity contribution in [2.45, 2.75) is 225 Å². The molecule has 0 radical (unpaired) electrons. The van der Waals surface area contributed by atoms with Gasteiger partial charge in [0.1, 0.15) is 6.61 Å². The van der Waals surface area contributed by atoms with E-state index >= 15 is 0 Å². The van der Waals surface area contributed by atoms with Crippen molar-refractivity contribution in [2.24, 2.45) is 5.73 Å². The van der Waals surface area contributed by atoms with Crippen LogP contribution >= 0.6 is 7.82 Å². The Morgan fingerprint density at radius 2 is 0.912 bits per heavy atom. The number of phosphoric ester groups is 1. The molecule has 0 fully saturated rings. The molecule has 57 heavy (non-hydrogen) atoms. The molecule has 0 aromatic carbocycles. The molecule has 10 heteroatoms. The summed E-state index contributed by atoms with van der Waals surface area (Å²) in [4.78, 5) is 34.9. The SMILES string of the molecule is CCCCC/C=C\C/C=C\C/C=C\CCCCCCC(=O)O[C@H](COC(=O)CCCCCCCCCCCCCCCCCCCCC)COP(=O)(O)OCCN. The zero-order valence-electron chi connectivity index (χ0n) is 36.8. The third kappa shape index (κ3) is 43.6. The van der Waals surface area contributed by atoms with E-state index in [1.54, 1.807) is 0 Å². The number of rotatable bonds is 44. The monoisotopic (exact) mass is 826 g/mol. The van der Waals surface area contributed by atoms with Gasteiger partial charge >= 0.3 is 19.8 Å². The van der Waals surface area contributed by atoms with Gasteiger partial charge in [-0.15, -0.1) is 0 Å². The predicted molar refractivity (Wildman–Crippen MR) is 238 cm³/mol. The molecule has 0 spiro atoms. The van der Waals surface area contributed by atoms with Crippen molar-refractivity contribution in [1.82, 2.24) is 0 Å². The van der Waals surface area contributed by atoms with Gasteiger partial charge in [-0.1, -0.05) is 192 Å². The van der Waals surface area contributed by atoms with Crippen LogP contribution in [0.1, 0.15) is 219 Å². The summed E-state index contributed by atoms with van der Waals surface area (Å²) < 4.78 is 32.8. The quantitative estimate of drug-likeness (QED) is 0.0266. The Morgan fingerprint density at radius 1 is 0.526 bits per heavy atom. The van der Waals surface area contributed by atoms with Gasteiger partial charge < -0.3 is 20.1 Å². The van der Waals surface area contributed by atoms with Crippen LogP contribution in [0.15, 0.2) is 36.5 Å². The number of unbranched alkanes of at least 4 members (excludes halogenated alkanes) is 25. The molecule has 0 saturated carbocycles. The number of carbonyl (C=O) groups is 2. The first-order valence-electron chi connectivity index (χ1n) is 23.5. The van der Waals surface area contributed by atoms with Crippen LogP contribution in [0.25, 0.3) is 0 Å². The fourth-order valence-electron chi connectivity index (χ4n) is 6.52. The second kappa shape index (κ2) is 43.8. The zero-order valence-corrected chi connectivity index (χ0v) is 37.7. The van der Waals surface area contributed by atoms with Crippen molar-refractivity contribution in [3.8, 4) is 0 Å². The molecular weight excluding hydrogens is 737 g/mol. The highest BCUT2D eigenvalue weighted by Crippen LogP contribution is 2.43. The highest BCUT2D eigenvalue weighted by molar-refractivity contribution is 7.47. The van der Waals surface area contributed by atoms with E-state index in [-0.39, 0.29) is 38.6 Å². The maximum absolute atomic E-state index is 12.6. The molecular formula is C47H88NO8P. The maximum atomic E-state index is 12.6. The molecule has 0 aromatic rings. The molecule has 1 unspecified atom stereocenters. The Kier molecular flexibility index (Phi) is 42.4. The average molecular weight is 826 g/mol. The van der Waals surface area contributed by atoms with E-state index in [2.05, 4.69) is 50.3 Å². The molecule has 0 aliphatic heterocycles. The van der Waals surface area contributed by atoms with E-state index in [4.69, 9.17) is 24.3 Å². The minimum absolute atomic E-state index is 0.0500. The first kappa shape index (κ1) is 55.2. The van der Waals surface area contributed by atoms with E-state index in [0.717, 1.165) is 57.8 Å². The summed E-state index contributed by atoms with van der Waals surface area (Å²) in [7, 11) is -4.38. The molecule has 0 bridgehead atoms. The molecule has 334 valence electrons. The number of phosphoric acid groups is 1. The van der Waals surface area contributed by atoms with Crippen molar-refractivity contribution in [3.63, 3.8) is 0 Å². The van der Waals surface area contributed by atoms with Gasteiger partial charge in [0.05, 0.1) is 13.2 Å². The predicted octanol–water partition coefficient (Wildman–Crippen LogP) is 13.7. The van der Waals surface area contributed by atoms with E-state index in [1.165, 1.54) is 128 Å². The Morgan fingerprint density at radius 3 is 1.39 bits per heavy atom. The minimum Gasteiger partial charge on any atom is -0.462 e. The van der Waals surface area contributed by atoms with Crippen LogP contribution in [0.2, 0.25) is 0 Å². The molecule has 0 aliphatic carbocycles. The number of esters is 2. The van der Waals surface area contributed by atoms with Crippen molar-refractivity contribution in [1.29, 1.82) is 0 Å². The van der Waals surface area contributed by atoms with Gasteiger partial charge in [-0.05, 0) is 51.4 Å². The number of ether oxygens (including phenoxy) is 2. The number of hydrogen-bond acceptors (Lipinski definition) is 8. The van der Waals surface area contributed by atoms with Crippen LogP contribution in [0.3, 0.4) is 0 Å². The van der Waals surface area contributed by atoms with Gasteiger partial charge in [-0.25, -0.2) is 4.57 Å². The van der Waals surface area contributed by atoms with Gasteiger partial charge in [-0.2, -0.15) is 0 Å². The third-order valence-corrected chi connectivity index (χ3v) is 11.0. The van der Waals surface area contributed by atoms with Crippen molar-refractivity contribution in [2.75, 3.05) is 26.4 Å². The molecule has 2 atom stereocenters. The second-order valence-electron chi connectivity index (χ2n) is 15.6. The lowest BCUT2D eigenvalue weighted by molar-refractivity contribution is -0.161. The van der Waals surface area contributed by atoms with Crippen LogP contribution in [-0.2, 0) is 32.7 Å². The molecule has 0 heterocycles. The molecule has 0 aliphatic rings. The van der Waals surface area contributed by atoms with Gasteiger partial charge in [0.15, 0.2) is 6.10 Å². The third-order valence-electron chi connectivity index (χ3n) is 10.0. The molecule has 0 saturated heterocycles. The zero-order chi connectivity index (χ0) is 41.8. The lowest BCUT2D eigenvalue weighted by atomic mass is 10.0. The standard InChI is InChI=1S/C47H88NO8P/c1-3-5-7-9-11-13-15-17-19-21-22-24-25-27-29-31-33-35-37-39-46(49)53-43-45(44-55-57(51,52)54-42-41-48)56-47(50)40-38-36-34-32-30-28-26-23-20-18-16-14-12-10-8-6-4-2/h12,14,18,20,26,28,45H,3-11,13,15-17,19,21-25,27,29-44,48H2,1-2H3,(H,51,52)/b14-12-,20-18-,28-26-/t45-/m1/s1. The van der Waals surface area contributed by atoms with Gasteiger partial charge in [0.25, 0.3) is 0 Å². The normalized spacial score (nSPS) is 13.5. The summed E-state index contributed by atoms with van der Waals surface area (Å²) in [5, 5.41) is 0. The maximum Gasteiger partial charge on any atom is 0.472 e. The first-order valence-corrected chi connectivity index (χ1v) is 25.0. The minimum atomic E-state index is -4.38. The fraction of sp³-hybridized carbons (Fsp3) is 0.830. The highest BCUT2D eigenvalue weighted by atomic mass is 31.2. The number of allylic oxidation sites excluding steroid dienone is 6. The van der Waals surface area contributed by atoms with Gasteiger partial charge in [0.2, 0.25) is 0 Å². The lowest BCUT2D eigenvalue weighted by Gasteiger charge is -2.19. The Labute approximate surface area is 350 Å². The van der Waals surface area contributed by atoms with Crippen molar-refractivity contribution in [3.05, 3.63) is 36.5 Å². The summed E-state index contributed by atoms with van der Waals surface area (Å²) in [6.07, 6.45) is 48.9. The highest BCUT2D eigenvalue weighted by Gasteiger charge is 2.26. The van der Waals surface area contributed by atoms with E-state index in [9.17, 15) is 19.0 Å². The summed E-state index contributed by atoms with van der Waals surface area (Å²) in [5.74, 6) is -0.846. The van der Waals surface area contributed by atoms with Crippen molar-refractivity contribution >= 4 is 19.8 Å². The Hall–Kier alpha value is -1.77. The summed E-state index contributed by atoms with van der Waals surface area (Å²) in [6, 6.07) is 0. The van der Waals surface area contributed by atoms with E-state index < -0.39 is 26.5 Å². The molecule has 9 nitrogen and oxygen atoms in total. The molecule has 3 N–H and O–H groups in total. The first-order chi connectivity index (χ1) is 27.8. The van der Waals surface area contributed by atoms with E-state index in [0.29, 0.717) is 6.42 Å². The topological polar surface area (TPSA) is 134 Å². The Balaban J connectivity index is 4.12. The lowest BCUT2D eigenvalue weighted by Crippen LogP contribution is -2.29. The van der Waals surface area contributed by atoms with Crippen LogP contribution in [0.5, 0.6) is 0 Å².